The fraction of sp³-hybridized carbons (Fsp3) is 0.0625. The predicted molar refractivity (Wildman–Crippen MR) is 96.8 cm³/mol. The van der Waals surface area contributed by atoms with Gasteiger partial charge in [-0.05, 0) is 35.7 Å². The molecule has 136 valence electrons. The lowest BCUT2D eigenvalue weighted by atomic mass is 10.2. The maximum Gasteiger partial charge on any atom is 0.337 e. The molecule has 0 amide bonds. The predicted octanol–water partition coefficient (Wildman–Crippen LogP) is 4.91. The number of rotatable bonds is 6. The summed E-state index contributed by atoms with van der Waals surface area (Å²) < 4.78 is 52.7. The molecule has 10 heteroatoms. The van der Waals surface area contributed by atoms with Crippen LogP contribution in [0.15, 0.2) is 52.1 Å². The molecule has 5 nitrogen and oxygen atoms in total. The monoisotopic (exact) mass is 415 g/mol. The van der Waals surface area contributed by atoms with Gasteiger partial charge in [0.2, 0.25) is 0 Å². The van der Waals surface area contributed by atoms with Crippen LogP contribution in [0.2, 0.25) is 0 Å². The Morgan fingerprint density at radius 2 is 1.88 bits per heavy atom. The Morgan fingerprint density at radius 1 is 1.15 bits per heavy atom. The molecular formula is C16H11F2NO4S3. The Kier molecular flexibility index (Phi) is 5.08. The largest absolute Gasteiger partial charge is 0.478 e. The zero-order valence-electron chi connectivity index (χ0n) is 12.8. The van der Waals surface area contributed by atoms with E-state index >= 15 is 0 Å². The third kappa shape index (κ3) is 3.76. The topological polar surface area (TPSA) is 83.5 Å². The van der Waals surface area contributed by atoms with Crippen LogP contribution in [0.3, 0.4) is 0 Å². The smallest absolute Gasteiger partial charge is 0.337 e. The highest BCUT2D eigenvalue weighted by Gasteiger charge is 2.21. The van der Waals surface area contributed by atoms with Crippen molar-refractivity contribution in [3.05, 3.63) is 58.3 Å². The number of thiophene rings is 2. The molecule has 0 saturated carbocycles. The summed E-state index contributed by atoms with van der Waals surface area (Å²) in [5.41, 5.74) is 0.292. The second-order valence-corrected chi connectivity index (χ2v) is 9.05. The summed E-state index contributed by atoms with van der Waals surface area (Å²) >= 11 is 1.82. The van der Waals surface area contributed by atoms with E-state index in [0.717, 1.165) is 22.7 Å². The number of hydrogen-bond donors (Lipinski definition) is 2. The van der Waals surface area contributed by atoms with E-state index in [4.69, 9.17) is 5.11 Å². The van der Waals surface area contributed by atoms with Gasteiger partial charge in [0.15, 0.2) is 0 Å². The van der Waals surface area contributed by atoms with E-state index in [-0.39, 0.29) is 20.3 Å². The maximum atomic E-state index is 12.7. The second kappa shape index (κ2) is 7.14. The number of para-hydroxylation sites is 1. The highest BCUT2D eigenvalue weighted by molar-refractivity contribution is 7.94. The molecule has 0 bridgehead atoms. The second-order valence-electron chi connectivity index (χ2n) is 5.11. The number of benzene rings is 1. The summed E-state index contributed by atoms with van der Waals surface area (Å²) in [6.45, 7) is 0. The first-order valence-electron chi connectivity index (χ1n) is 7.10. The summed E-state index contributed by atoms with van der Waals surface area (Å²) in [5, 5.41) is 10.7. The Morgan fingerprint density at radius 3 is 2.54 bits per heavy atom. The van der Waals surface area contributed by atoms with E-state index in [1.54, 1.807) is 0 Å². The Balaban J connectivity index is 1.89. The van der Waals surface area contributed by atoms with Crippen LogP contribution in [0, 0.1) is 0 Å². The minimum absolute atomic E-state index is 0.0440. The quantitative estimate of drug-likeness (QED) is 0.599. The highest BCUT2D eigenvalue weighted by atomic mass is 32.2. The zero-order valence-corrected chi connectivity index (χ0v) is 15.3. The summed E-state index contributed by atoms with van der Waals surface area (Å²) in [4.78, 5) is 11.6. The van der Waals surface area contributed by atoms with Crippen molar-refractivity contribution < 1.29 is 27.1 Å². The van der Waals surface area contributed by atoms with Gasteiger partial charge in [0.25, 0.3) is 16.4 Å². The number of carboxylic acids is 1. The van der Waals surface area contributed by atoms with Gasteiger partial charge in [0.1, 0.15) is 4.21 Å². The van der Waals surface area contributed by atoms with Gasteiger partial charge in [0.05, 0.1) is 16.1 Å². The molecule has 26 heavy (non-hydrogen) atoms. The fourth-order valence-electron chi connectivity index (χ4n) is 2.17. The number of alkyl halides is 2. The SMILES string of the molecule is O=C(O)c1ccccc1NS(=O)(=O)c1ccc(-c2csc(C(F)F)c2)s1. The van der Waals surface area contributed by atoms with Crippen molar-refractivity contribution in [3.8, 4) is 10.4 Å². The van der Waals surface area contributed by atoms with E-state index in [1.165, 1.54) is 47.8 Å². The van der Waals surface area contributed by atoms with Crippen molar-refractivity contribution in [2.45, 2.75) is 10.6 Å². The molecule has 2 N–H and O–H groups in total. The first-order chi connectivity index (χ1) is 12.3. The van der Waals surface area contributed by atoms with Crippen LogP contribution in [0.1, 0.15) is 21.7 Å². The minimum Gasteiger partial charge on any atom is -0.478 e. The number of carbonyl (C=O) groups is 1. The van der Waals surface area contributed by atoms with Gasteiger partial charge < -0.3 is 5.11 Å². The van der Waals surface area contributed by atoms with Gasteiger partial charge in [-0.1, -0.05) is 12.1 Å². The molecule has 0 unspecified atom stereocenters. The van der Waals surface area contributed by atoms with Crippen molar-refractivity contribution in [2.75, 3.05) is 4.72 Å². The molecule has 2 aromatic heterocycles. The van der Waals surface area contributed by atoms with Gasteiger partial charge in [-0.2, -0.15) is 0 Å². The van der Waals surface area contributed by atoms with Crippen molar-refractivity contribution >= 4 is 44.4 Å². The Hall–Kier alpha value is -2.30. The standard InChI is InChI=1S/C16H11F2NO4S3/c17-15(18)13-7-9(8-24-13)12-5-6-14(25-12)26(22,23)19-11-4-2-1-3-10(11)16(20)21/h1-8,15,19H,(H,20,21). The molecule has 0 aliphatic carbocycles. The zero-order chi connectivity index (χ0) is 18.9. The summed E-state index contributed by atoms with van der Waals surface area (Å²) in [6, 6.07) is 9.85. The first kappa shape index (κ1) is 18.5. The van der Waals surface area contributed by atoms with Crippen LogP contribution < -0.4 is 4.72 Å². The van der Waals surface area contributed by atoms with E-state index < -0.39 is 22.4 Å². The molecule has 0 aliphatic rings. The van der Waals surface area contributed by atoms with Gasteiger partial charge >= 0.3 is 5.97 Å². The van der Waals surface area contributed by atoms with Gasteiger partial charge in [0, 0.05) is 10.4 Å². The van der Waals surface area contributed by atoms with E-state index in [1.807, 2.05) is 0 Å². The molecule has 3 rings (SSSR count). The number of hydrogen-bond acceptors (Lipinski definition) is 5. The lowest BCUT2D eigenvalue weighted by Crippen LogP contribution is -2.14. The molecule has 0 saturated heterocycles. The van der Waals surface area contributed by atoms with Crippen LogP contribution in [0.4, 0.5) is 14.5 Å². The third-order valence-corrected chi connectivity index (χ3v) is 7.30. The lowest BCUT2D eigenvalue weighted by Gasteiger charge is -2.08. The molecule has 0 fully saturated rings. The van der Waals surface area contributed by atoms with Crippen molar-refractivity contribution in [3.63, 3.8) is 0 Å². The minimum atomic E-state index is -4.01. The molecule has 3 aromatic rings. The van der Waals surface area contributed by atoms with E-state index in [2.05, 4.69) is 4.72 Å². The molecule has 0 radical (unpaired) electrons. The van der Waals surface area contributed by atoms with Crippen LogP contribution in [-0.2, 0) is 10.0 Å². The molecule has 0 atom stereocenters. The Bertz CT molecular complexity index is 1060. The number of nitrogens with one attached hydrogen (secondary N) is 1. The number of halogens is 2. The van der Waals surface area contributed by atoms with E-state index in [9.17, 15) is 22.0 Å². The van der Waals surface area contributed by atoms with Crippen molar-refractivity contribution in [1.29, 1.82) is 0 Å². The molecule has 1 aromatic carbocycles. The van der Waals surface area contributed by atoms with Crippen LogP contribution in [-0.4, -0.2) is 19.5 Å². The first-order valence-corrected chi connectivity index (χ1v) is 10.3. The molecular weight excluding hydrogens is 404 g/mol. The van der Waals surface area contributed by atoms with Gasteiger partial charge in [-0.3, -0.25) is 4.72 Å². The fourth-order valence-corrected chi connectivity index (χ4v) is 5.37. The van der Waals surface area contributed by atoms with Crippen molar-refractivity contribution in [1.82, 2.24) is 0 Å². The average molecular weight is 415 g/mol. The average Bonchev–Trinajstić information content (AvgIpc) is 3.24. The molecule has 2 heterocycles. The number of aromatic carboxylic acids is 1. The van der Waals surface area contributed by atoms with Gasteiger partial charge in [-0.25, -0.2) is 22.0 Å². The summed E-state index contributed by atoms with van der Waals surface area (Å²) in [7, 11) is -4.01. The molecule has 0 aliphatic heterocycles. The normalized spacial score (nSPS) is 11.7. The Labute approximate surface area is 155 Å². The lowest BCUT2D eigenvalue weighted by molar-refractivity contribution is 0.0698. The highest BCUT2D eigenvalue weighted by Crippen LogP contribution is 2.36. The van der Waals surface area contributed by atoms with E-state index in [0.29, 0.717) is 10.4 Å². The molecule has 0 spiro atoms. The maximum absolute atomic E-state index is 12.7. The third-order valence-electron chi connectivity index (χ3n) is 3.37. The van der Waals surface area contributed by atoms with Crippen molar-refractivity contribution in [2.24, 2.45) is 0 Å². The number of carboxylic acid groups (broad SMARTS) is 1. The number of sulfonamides is 1. The van der Waals surface area contributed by atoms with Crippen LogP contribution in [0.5, 0.6) is 0 Å². The van der Waals surface area contributed by atoms with Gasteiger partial charge in [-0.15, -0.1) is 22.7 Å². The van der Waals surface area contributed by atoms with Crippen LogP contribution >= 0.6 is 22.7 Å². The summed E-state index contributed by atoms with van der Waals surface area (Å²) in [6.07, 6.45) is -2.58. The summed E-state index contributed by atoms with van der Waals surface area (Å²) in [5.74, 6) is -1.26. The van der Waals surface area contributed by atoms with Crippen LogP contribution in [0.25, 0.3) is 10.4 Å². The number of anilines is 1.